The zero-order chi connectivity index (χ0) is 12.9. The van der Waals surface area contributed by atoms with Gasteiger partial charge < -0.3 is 4.74 Å². The molecule has 3 nitrogen and oxygen atoms in total. The molecule has 2 atom stereocenters. The Labute approximate surface area is 106 Å². The molecule has 98 valence electrons. The van der Waals surface area contributed by atoms with E-state index >= 15 is 0 Å². The normalized spacial score (nSPS) is 29.2. The molecule has 0 heterocycles. The number of ether oxygens (including phenoxy) is 1. The Morgan fingerprint density at radius 1 is 1.47 bits per heavy atom. The van der Waals surface area contributed by atoms with Crippen LogP contribution in [-0.2, 0) is 4.74 Å². The van der Waals surface area contributed by atoms with E-state index in [9.17, 15) is 5.26 Å². The van der Waals surface area contributed by atoms with Crippen molar-refractivity contribution in [2.24, 2.45) is 5.41 Å². The standard InChI is InChI=1S/C14H26N2O/c1-5-16-14(11-15)7-6-12(10-14)17-9-8-13(2,3)4/h12,16H,5-10H2,1-4H3. The minimum Gasteiger partial charge on any atom is -0.378 e. The van der Waals surface area contributed by atoms with Gasteiger partial charge >= 0.3 is 0 Å². The number of hydrogen-bond acceptors (Lipinski definition) is 3. The van der Waals surface area contributed by atoms with E-state index in [0.29, 0.717) is 5.41 Å². The zero-order valence-electron chi connectivity index (χ0n) is 11.7. The van der Waals surface area contributed by atoms with E-state index in [4.69, 9.17) is 4.74 Å². The van der Waals surface area contributed by atoms with Crippen LogP contribution < -0.4 is 5.32 Å². The maximum atomic E-state index is 9.25. The van der Waals surface area contributed by atoms with Crippen molar-refractivity contribution in [3.05, 3.63) is 0 Å². The van der Waals surface area contributed by atoms with E-state index in [0.717, 1.165) is 38.8 Å². The molecule has 17 heavy (non-hydrogen) atoms. The smallest absolute Gasteiger partial charge is 0.109 e. The lowest BCUT2D eigenvalue weighted by molar-refractivity contribution is 0.0392. The number of hydrogen-bond donors (Lipinski definition) is 1. The molecule has 2 unspecified atom stereocenters. The van der Waals surface area contributed by atoms with Gasteiger partial charge in [-0.05, 0) is 31.2 Å². The maximum absolute atomic E-state index is 9.25. The van der Waals surface area contributed by atoms with Crippen molar-refractivity contribution in [3.8, 4) is 6.07 Å². The Morgan fingerprint density at radius 3 is 2.71 bits per heavy atom. The number of nitrogens with one attached hydrogen (secondary N) is 1. The van der Waals surface area contributed by atoms with Crippen molar-refractivity contribution >= 4 is 0 Å². The summed E-state index contributed by atoms with van der Waals surface area (Å²) in [6, 6.07) is 2.42. The summed E-state index contributed by atoms with van der Waals surface area (Å²) in [5.41, 5.74) is -0.00621. The summed E-state index contributed by atoms with van der Waals surface area (Å²) in [6.07, 6.45) is 4.09. The molecule has 0 saturated heterocycles. The highest BCUT2D eigenvalue weighted by molar-refractivity contribution is 5.12. The van der Waals surface area contributed by atoms with Gasteiger partial charge in [-0.3, -0.25) is 5.32 Å². The van der Waals surface area contributed by atoms with Gasteiger partial charge in [0.15, 0.2) is 0 Å². The van der Waals surface area contributed by atoms with Crippen molar-refractivity contribution in [2.75, 3.05) is 13.2 Å². The van der Waals surface area contributed by atoms with Crippen LogP contribution in [0.15, 0.2) is 0 Å². The van der Waals surface area contributed by atoms with E-state index < -0.39 is 0 Å². The maximum Gasteiger partial charge on any atom is 0.109 e. The number of nitriles is 1. The van der Waals surface area contributed by atoms with E-state index in [2.05, 4.69) is 32.2 Å². The van der Waals surface area contributed by atoms with Crippen LogP contribution in [0.25, 0.3) is 0 Å². The highest BCUT2D eigenvalue weighted by Crippen LogP contribution is 2.32. The van der Waals surface area contributed by atoms with Crippen LogP contribution in [0.2, 0.25) is 0 Å². The summed E-state index contributed by atoms with van der Waals surface area (Å²) in [6.45, 7) is 10.4. The minimum atomic E-state index is -0.332. The summed E-state index contributed by atoms with van der Waals surface area (Å²) in [5.74, 6) is 0. The quantitative estimate of drug-likeness (QED) is 0.801. The first-order chi connectivity index (χ1) is 7.91. The van der Waals surface area contributed by atoms with Crippen molar-refractivity contribution in [1.29, 1.82) is 5.26 Å². The molecule has 1 rings (SSSR count). The predicted molar refractivity (Wildman–Crippen MR) is 69.7 cm³/mol. The van der Waals surface area contributed by atoms with E-state index in [1.807, 2.05) is 6.92 Å². The lowest BCUT2D eigenvalue weighted by Crippen LogP contribution is -2.41. The average molecular weight is 238 g/mol. The van der Waals surface area contributed by atoms with Gasteiger partial charge in [0.2, 0.25) is 0 Å². The molecule has 1 N–H and O–H groups in total. The van der Waals surface area contributed by atoms with Gasteiger partial charge in [-0.1, -0.05) is 27.7 Å². The first-order valence-electron chi connectivity index (χ1n) is 6.69. The first-order valence-corrected chi connectivity index (χ1v) is 6.69. The SMILES string of the molecule is CCNC1(C#N)CCC(OCCC(C)(C)C)C1. The van der Waals surface area contributed by atoms with Crippen LogP contribution in [0.4, 0.5) is 0 Å². The Balaban J connectivity index is 2.33. The molecule has 3 heteroatoms. The van der Waals surface area contributed by atoms with Crippen molar-refractivity contribution in [1.82, 2.24) is 5.32 Å². The van der Waals surface area contributed by atoms with Crippen LogP contribution in [0, 0.1) is 16.7 Å². The molecule has 1 aliphatic carbocycles. The third kappa shape index (κ3) is 4.65. The number of rotatable bonds is 5. The lowest BCUT2D eigenvalue weighted by Gasteiger charge is -2.23. The second-order valence-electron chi connectivity index (χ2n) is 6.27. The van der Waals surface area contributed by atoms with Crippen LogP contribution in [-0.4, -0.2) is 24.8 Å². The molecule has 0 aromatic carbocycles. The van der Waals surface area contributed by atoms with Crippen LogP contribution >= 0.6 is 0 Å². The summed E-state index contributed by atoms with van der Waals surface area (Å²) < 4.78 is 5.89. The van der Waals surface area contributed by atoms with Crippen molar-refractivity contribution < 1.29 is 4.74 Å². The summed E-state index contributed by atoms with van der Waals surface area (Å²) in [5, 5.41) is 12.6. The monoisotopic (exact) mass is 238 g/mol. The Kier molecular flexibility index (Phi) is 4.97. The topological polar surface area (TPSA) is 45.0 Å². The fourth-order valence-electron chi connectivity index (χ4n) is 2.31. The van der Waals surface area contributed by atoms with Gasteiger partial charge in [-0.25, -0.2) is 0 Å². The van der Waals surface area contributed by atoms with Gasteiger partial charge in [0, 0.05) is 13.0 Å². The van der Waals surface area contributed by atoms with Gasteiger partial charge in [0.05, 0.1) is 12.2 Å². The highest BCUT2D eigenvalue weighted by atomic mass is 16.5. The summed E-state index contributed by atoms with van der Waals surface area (Å²) in [7, 11) is 0. The van der Waals surface area contributed by atoms with Crippen LogP contribution in [0.5, 0.6) is 0 Å². The third-order valence-electron chi connectivity index (χ3n) is 3.40. The zero-order valence-corrected chi connectivity index (χ0v) is 11.7. The molecule has 1 saturated carbocycles. The van der Waals surface area contributed by atoms with E-state index in [-0.39, 0.29) is 11.6 Å². The van der Waals surface area contributed by atoms with Crippen molar-refractivity contribution in [2.45, 2.75) is 65.0 Å². The highest BCUT2D eigenvalue weighted by Gasteiger charge is 2.39. The molecule has 1 fully saturated rings. The summed E-state index contributed by atoms with van der Waals surface area (Å²) in [4.78, 5) is 0. The molecule has 0 aromatic rings. The molecule has 0 amide bonds. The minimum absolute atomic E-state index is 0.260. The van der Waals surface area contributed by atoms with Gasteiger partial charge in [-0.15, -0.1) is 0 Å². The molecule has 0 bridgehead atoms. The number of nitrogens with zero attached hydrogens (tertiary/aromatic N) is 1. The average Bonchev–Trinajstić information content (AvgIpc) is 2.61. The summed E-state index contributed by atoms with van der Waals surface area (Å²) >= 11 is 0. The van der Waals surface area contributed by atoms with Crippen LogP contribution in [0.1, 0.15) is 53.4 Å². The molecule has 1 aliphatic rings. The lowest BCUT2D eigenvalue weighted by atomic mass is 9.93. The Bertz CT molecular complexity index is 277. The van der Waals surface area contributed by atoms with Crippen molar-refractivity contribution in [3.63, 3.8) is 0 Å². The fourth-order valence-corrected chi connectivity index (χ4v) is 2.31. The fraction of sp³-hybridized carbons (Fsp3) is 0.929. The molecule has 0 radical (unpaired) electrons. The molecule has 0 aliphatic heterocycles. The van der Waals surface area contributed by atoms with E-state index in [1.54, 1.807) is 0 Å². The molecular weight excluding hydrogens is 212 g/mol. The van der Waals surface area contributed by atoms with Crippen LogP contribution in [0.3, 0.4) is 0 Å². The van der Waals surface area contributed by atoms with Gasteiger partial charge in [-0.2, -0.15) is 5.26 Å². The van der Waals surface area contributed by atoms with E-state index in [1.165, 1.54) is 0 Å². The second kappa shape index (κ2) is 5.84. The van der Waals surface area contributed by atoms with Gasteiger partial charge in [0.1, 0.15) is 5.54 Å². The molecule has 0 aromatic heterocycles. The Hall–Kier alpha value is -0.590. The second-order valence-corrected chi connectivity index (χ2v) is 6.27. The van der Waals surface area contributed by atoms with Gasteiger partial charge in [0.25, 0.3) is 0 Å². The largest absolute Gasteiger partial charge is 0.378 e. The first kappa shape index (κ1) is 14.5. The third-order valence-corrected chi connectivity index (χ3v) is 3.40. The molecule has 0 spiro atoms. The molecular formula is C14H26N2O. The predicted octanol–water partition coefficient (Wildman–Crippen LogP) is 2.86. The Morgan fingerprint density at radius 2 is 2.18 bits per heavy atom.